The summed E-state index contributed by atoms with van der Waals surface area (Å²) in [7, 11) is 0. The van der Waals surface area contributed by atoms with Crippen LogP contribution >= 0.6 is 0 Å². The molecule has 0 aliphatic rings. The molecule has 4 aromatic rings. The Morgan fingerprint density at radius 1 is 1.00 bits per heavy atom. The van der Waals surface area contributed by atoms with E-state index in [-0.39, 0.29) is 5.95 Å². The van der Waals surface area contributed by atoms with Crippen LogP contribution < -0.4 is 5.73 Å². The van der Waals surface area contributed by atoms with Gasteiger partial charge in [-0.3, -0.25) is 0 Å². The number of anilines is 1. The Morgan fingerprint density at radius 2 is 1.83 bits per heavy atom. The summed E-state index contributed by atoms with van der Waals surface area (Å²) in [5.41, 5.74) is 10.9. The zero-order valence-electron chi connectivity index (χ0n) is 13.4. The number of hydrogen-bond acceptors (Lipinski definition) is 4. The lowest BCUT2D eigenvalue weighted by Crippen LogP contribution is -1.95. The Hall–Kier alpha value is -3.14. The molecule has 24 heavy (non-hydrogen) atoms. The van der Waals surface area contributed by atoms with Crippen LogP contribution in [-0.2, 0) is 6.42 Å². The van der Waals surface area contributed by atoms with Crippen LogP contribution in [0.25, 0.3) is 22.4 Å². The third-order valence-corrected chi connectivity index (χ3v) is 4.16. The summed E-state index contributed by atoms with van der Waals surface area (Å²) in [5, 5.41) is 1.11. The van der Waals surface area contributed by atoms with E-state index < -0.39 is 0 Å². The molecule has 0 unspecified atom stereocenters. The van der Waals surface area contributed by atoms with Crippen LogP contribution in [0.1, 0.15) is 16.7 Å². The zero-order valence-corrected chi connectivity index (χ0v) is 13.4. The molecule has 0 atom stereocenters. The third kappa shape index (κ3) is 2.63. The maximum Gasteiger partial charge on any atom is 0.220 e. The van der Waals surface area contributed by atoms with E-state index in [2.05, 4.69) is 46.4 Å². The van der Waals surface area contributed by atoms with Crippen molar-refractivity contribution < 1.29 is 4.42 Å². The molecular formula is C20H17N3O. The van der Waals surface area contributed by atoms with Gasteiger partial charge in [-0.2, -0.15) is 0 Å². The normalized spacial score (nSPS) is 11.0. The molecule has 0 radical (unpaired) electrons. The van der Waals surface area contributed by atoms with Crippen molar-refractivity contribution in [3.63, 3.8) is 0 Å². The summed E-state index contributed by atoms with van der Waals surface area (Å²) in [6, 6.07) is 18.6. The van der Waals surface area contributed by atoms with Gasteiger partial charge in [-0.25, -0.2) is 9.97 Å². The second-order valence-corrected chi connectivity index (χ2v) is 5.85. The lowest BCUT2D eigenvalue weighted by molar-refractivity contribution is 0.626. The Bertz CT molecular complexity index is 1010. The molecule has 4 nitrogen and oxygen atoms in total. The van der Waals surface area contributed by atoms with E-state index in [0.717, 1.165) is 28.7 Å². The highest BCUT2D eigenvalue weighted by Gasteiger charge is 2.14. The average Bonchev–Trinajstić information content (AvgIpc) is 2.93. The number of rotatable bonds is 3. The first-order chi connectivity index (χ1) is 11.7. The fourth-order valence-corrected chi connectivity index (χ4v) is 2.95. The maximum absolute atomic E-state index is 6.00. The predicted octanol–water partition coefficient (Wildman–Crippen LogP) is 4.37. The number of benzene rings is 2. The molecule has 118 valence electrons. The largest absolute Gasteiger partial charge is 0.454 e. The van der Waals surface area contributed by atoms with E-state index in [9.17, 15) is 0 Å². The fourth-order valence-electron chi connectivity index (χ4n) is 2.95. The SMILES string of the molecule is Cc1c(-c2ccnc(N)n2)oc2ccc(Cc3ccccc3)cc12. The summed E-state index contributed by atoms with van der Waals surface area (Å²) in [5.74, 6) is 0.994. The molecule has 0 amide bonds. The topological polar surface area (TPSA) is 64.9 Å². The smallest absolute Gasteiger partial charge is 0.220 e. The van der Waals surface area contributed by atoms with Gasteiger partial charge in [0.1, 0.15) is 11.3 Å². The van der Waals surface area contributed by atoms with Crippen LogP contribution in [0.2, 0.25) is 0 Å². The van der Waals surface area contributed by atoms with Gasteiger partial charge in [-0.15, -0.1) is 0 Å². The van der Waals surface area contributed by atoms with E-state index in [1.165, 1.54) is 11.1 Å². The van der Waals surface area contributed by atoms with Crippen LogP contribution in [0.3, 0.4) is 0 Å². The molecule has 0 aliphatic carbocycles. The summed E-state index contributed by atoms with van der Waals surface area (Å²) in [6.07, 6.45) is 2.54. The first-order valence-corrected chi connectivity index (χ1v) is 7.85. The summed E-state index contributed by atoms with van der Waals surface area (Å²) < 4.78 is 6.00. The highest BCUT2D eigenvalue weighted by molar-refractivity contribution is 5.87. The Kier molecular flexibility index (Phi) is 3.50. The minimum Gasteiger partial charge on any atom is -0.454 e. The molecule has 4 rings (SSSR count). The highest BCUT2D eigenvalue weighted by Crippen LogP contribution is 2.33. The molecular weight excluding hydrogens is 298 g/mol. The molecule has 0 fully saturated rings. The molecule has 0 aliphatic heterocycles. The second-order valence-electron chi connectivity index (χ2n) is 5.85. The van der Waals surface area contributed by atoms with E-state index in [0.29, 0.717) is 5.69 Å². The second kappa shape index (κ2) is 5.81. The zero-order chi connectivity index (χ0) is 16.5. The standard InChI is InChI=1S/C20H17N3O/c1-13-16-12-15(11-14-5-3-2-4-6-14)7-8-18(16)24-19(13)17-9-10-22-20(21)23-17/h2-10,12H,11H2,1H3,(H2,21,22,23). The predicted molar refractivity (Wildman–Crippen MR) is 95.6 cm³/mol. The number of fused-ring (bicyclic) bond motifs is 1. The Morgan fingerprint density at radius 3 is 2.62 bits per heavy atom. The Labute approximate surface area is 140 Å². The minimum atomic E-state index is 0.247. The number of nitrogens with zero attached hydrogens (tertiary/aromatic N) is 2. The number of nitrogen functional groups attached to an aromatic ring is 1. The third-order valence-electron chi connectivity index (χ3n) is 4.16. The van der Waals surface area contributed by atoms with E-state index in [4.69, 9.17) is 10.2 Å². The van der Waals surface area contributed by atoms with Crippen molar-refractivity contribution in [3.8, 4) is 11.5 Å². The fraction of sp³-hybridized carbons (Fsp3) is 0.100. The van der Waals surface area contributed by atoms with E-state index in [1.807, 2.05) is 25.1 Å². The van der Waals surface area contributed by atoms with Gasteiger partial charge in [0, 0.05) is 17.1 Å². The molecule has 2 aromatic carbocycles. The van der Waals surface area contributed by atoms with Crippen LogP contribution in [0, 0.1) is 6.92 Å². The Balaban J connectivity index is 1.76. The van der Waals surface area contributed by atoms with Crippen molar-refractivity contribution in [2.24, 2.45) is 0 Å². The first kappa shape index (κ1) is 14.5. The van der Waals surface area contributed by atoms with Gasteiger partial charge < -0.3 is 10.2 Å². The van der Waals surface area contributed by atoms with Gasteiger partial charge in [0.25, 0.3) is 0 Å². The molecule has 2 heterocycles. The molecule has 2 aromatic heterocycles. The van der Waals surface area contributed by atoms with Crippen molar-refractivity contribution in [1.29, 1.82) is 0 Å². The van der Waals surface area contributed by atoms with Gasteiger partial charge in [0.2, 0.25) is 5.95 Å². The lowest BCUT2D eigenvalue weighted by atomic mass is 10.0. The number of hydrogen-bond donors (Lipinski definition) is 1. The van der Waals surface area contributed by atoms with E-state index in [1.54, 1.807) is 6.20 Å². The van der Waals surface area contributed by atoms with Crippen molar-refractivity contribution in [1.82, 2.24) is 9.97 Å². The van der Waals surface area contributed by atoms with Gasteiger partial charge in [-0.05, 0) is 42.7 Å². The molecule has 0 saturated carbocycles. The molecule has 2 N–H and O–H groups in total. The van der Waals surface area contributed by atoms with Crippen LogP contribution in [0.15, 0.2) is 65.2 Å². The van der Waals surface area contributed by atoms with Crippen molar-refractivity contribution in [3.05, 3.63) is 77.5 Å². The molecule has 0 bridgehead atoms. The van der Waals surface area contributed by atoms with Crippen LogP contribution in [-0.4, -0.2) is 9.97 Å². The monoisotopic (exact) mass is 315 g/mol. The van der Waals surface area contributed by atoms with Crippen molar-refractivity contribution >= 4 is 16.9 Å². The van der Waals surface area contributed by atoms with Crippen molar-refractivity contribution in [2.75, 3.05) is 5.73 Å². The van der Waals surface area contributed by atoms with Gasteiger partial charge in [0.15, 0.2) is 5.76 Å². The summed E-state index contributed by atoms with van der Waals surface area (Å²) in [6.45, 7) is 2.05. The first-order valence-electron chi connectivity index (χ1n) is 7.85. The van der Waals surface area contributed by atoms with Gasteiger partial charge in [-0.1, -0.05) is 36.4 Å². The molecule has 0 saturated heterocycles. The number of aromatic nitrogens is 2. The number of aryl methyl sites for hydroxylation is 1. The average molecular weight is 315 g/mol. The van der Waals surface area contributed by atoms with Gasteiger partial charge >= 0.3 is 0 Å². The number of nitrogens with two attached hydrogens (primary N) is 1. The number of furan rings is 1. The molecule has 4 heteroatoms. The van der Waals surface area contributed by atoms with Crippen molar-refractivity contribution in [2.45, 2.75) is 13.3 Å². The van der Waals surface area contributed by atoms with Crippen LogP contribution in [0.4, 0.5) is 5.95 Å². The van der Waals surface area contributed by atoms with E-state index >= 15 is 0 Å². The molecule has 0 spiro atoms. The quantitative estimate of drug-likeness (QED) is 0.609. The van der Waals surface area contributed by atoms with Crippen LogP contribution in [0.5, 0.6) is 0 Å². The summed E-state index contributed by atoms with van der Waals surface area (Å²) >= 11 is 0. The maximum atomic E-state index is 6.00. The lowest BCUT2D eigenvalue weighted by Gasteiger charge is -2.02. The van der Waals surface area contributed by atoms with Gasteiger partial charge in [0.05, 0.1) is 0 Å². The highest BCUT2D eigenvalue weighted by atomic mass is 16.3. The minimum absolute atomic E-state index is 0.247. The summed E-state index contributed by atoms with van der Waals surface area (Å²) in [4.78, 5) is 8.20.